The molecule has 4 nitrogen and oxygen atoms in total. The summed E-state index contributed by atoms with van der Waals surface area (Å²) >= 11 is 0. The minimum Gasteiger partial charge on any atom is -0.507 e. The number of rotatable bonds is 3. The Morgan fingerprint density at radius 1 is 1.53 bits per heavy atom. The highest BCUT2D eigenvalue weighted by atomic mass is 16.5. The first-order chi connectivity index (χ1) is 7.04. The van der Waals surface area contributed by atoms with E-state index < -0.39 is 5.97 Å². The van der Waals surface area contributed by atoms with Crippen LogP contribution >= 0.6 is 0 Å². The molecule has 0 bridgehead atoms. The third-order valence-corrected chi connectivity index (χ3v) is 1.68. The molecule has 0 atom stereocenters. The van der Waals surface area contributed by atoms with Crippen molar-refractivity contribution in [3.63, 3.8) is 0 Å². The number of carbonyl (C=O) groups is 2. The minimum atomic E-state index is -0.572. The van der Waals surface area contributed by atoms with Gasteiger partial charge in [-0.25, -0.2) is 4.79 Å². The third kappa shape index (κ3) is 2.67. The predicted octanol–water partition coefficient (Wildman–Crippen LogP) is 1.69. The summed E-state index contributed by atoms with van der Waals surface area (Å²) in [4.78, 5) is 21.6. The average molecular weight is 206 g/mol. The van der Waals surface area contributed by atoms with Crippen molar-refractivity contribution in [1.29, 1.82) is 0 Å². The summed E-state index contributed by atoms with van der Waals surface area (Å²) in [6, 6.07) is 3.96. The molecule has 0 aliphatic carbocycles. The van der Waals surface area contributed by atoms with Gasteiger partial charge in [-0.15, -0.1) is 0 Å². The van der Waals surface area contributed by atoms with E-state index >= 15 is 0 Å². The Labute approximate surface area is 86.8 Å². The molecule has 0 amide bonds. The quantitative estimate of drug-likeness (QED) is 0.354. The maximum absolute atomic E-state index is 11.1. The molecule has 0 spiro atoms. The molecule has 0 radical (unpaired) electrons. The smallest absolute Gasteiger partial charge is 0.338 e. The fraction of sp³-hybridized carbons (Fsp3) is 0.0909. The number of carbonyl (C=O) groups excluding carboxylic acids is 2. The molecule has 0 heterocycles. The maximum Gasteiger partial charge on any atom is 0.338 e. The summed E-state index contributed by atoms with van der Waals surface area (Å²) in [5.74, 6) is -0.527. The first-order valence-corrected chi connectivity index (χ1v) is 4.20. The highest BCUT2D eigenvalue weighted by Crippen LogP contribution is 2.21. The lowest BCUT2D eigenvalue weighted by atomic mass is 10.2. The minimum absolute atomic E-state index is 0.0713. The van der Waals surface area contributed by atoms with E-state index in [9.17, 15) is 14.7 Å². The van der Waals surface area contributed by atoms with Gasteiger partial charge in [-0.05, 0) is 25.1 Å². The number of esters is 1. The second-order valence-electron chi connectivity index (χ2n) is 3.01. The summed E-state index contributed by atoms with van der Waals surface area (Å²) in [7, 11) is 0. The van der Waals surface area contributed by atoms with Gasteiger partial charge in [0.05, 0.1) is 5.56 Å². The normalized spacial score (nSPS) is 9.40. The van der Waals surface area contributed by atoms with Gasteiger partial charge in [-0.1, -0.05) is 6.58 Å². The van der Waals surface area contributed by atoms with Crippen molar-refractivity contribution in [2.45, 2.75) is 6.92 Å². The van der Waals surface area contributed by atoms with Crippen molar-refractivity contribution in [2.75, 3.05) is 0 Å². The van der Waals surface area contributed by atoms with Crippen molar-refractivity contribution in [3.05, 3.63) is 35.9 Å². The van der Waals surface area contributed by atoms with Crippen LogP contribution in [0.4, 0.5) is 0 Å². The molecule has 0 unspecified atom stereocenters. The molecule has 1 rings (SSSR count). The summed E-state index contributed by atoms with van der Waals surface area (Å²) in [5, 5.41) is 9.19. The van der Waals surface area contributed by atoms with Gasteiger partial charge in [0, 0.05) is 5.57 Å². The molecule has 1 N–H and O–H groups in total. The molecule has 1 aromatic carbocycles. The number of aromatic hydroxyl groups is 1. The van der Waals surface area contributed by atoms with Crippen LogP contribution in [0.5, 0.6) is 11.5 Å². The van der Waals surface area contributed by atoms with Gasteiger partial charge in [0.1, 0.15) is 11.5 Å². The van der Waals surface area contributed by atoms with E-state index in [1.807, 2.05) is 0 Å². The van der Waals surface area contributed by atoms with E-state index in [4.69, 9.17) is 4.74 Å². The Morgan fingerprint density at radius 2 is 2.20 bits per heavy atom. The van der Waals surface area contributed by atoms with Gasteiger partial charge in [-0.2, -0.15) is 0 Å². The summed E-state index contributed by atoms with van der Waals surface area (Å²) < 4.78 is 4.86. The van der Waals surface area contributed by atoms with Crippen molar-refractivity contribution >= 4 is 12.3 Å². The largest absolute Gasteiger partial charge is 0.507 e. The monoisotopic (exact) mass is 206 g/mol. The number of ether oxygens (including phenoxy) is 1. The van der Waals surface area contributed by atoms with Gasteiger partial charge in [0.25, 0.3) is 0 Å². The summed E-state index contributed by atoms with van der Waals surface area (Å²) in [6.07, 6.45) is 0.480. The molecule has 78 valence electrons. The molecule has 15 heavy (non-hydrogen) atoms. The molecule has 0 saturated carbocycles. The summed E-state index contributed by atoms with van der Waals surface area (Å²) in [5.41, 5.74) is 0.331. The third-order valence-electron chi connectivity index (χ3n) is 1.68. The van der Waals surface area contributed by atoms with Gasteiger partial charge in [0.2, 0.25) is 0 Å². The standard InChI is InChI=1S/C11H10O4/c1-7(2)11(14)15-9-3-4-10(13)8(5-9)6-12/h3-6,13H,1H2,2H3. The SMILES string of the molecule is C=C(C)C(=O)Oc1ccc(O)c(C=O)c1. The van der Waals surface area contributed by atoms with Crippen molar-refractivity contribution in [1.82, 2.24) is 0 Å². The first-order valence-electron chi connectivity index (χ1n) is 4.20. The Kier molecular flexibility index (Phi) is 3.23. The topological polar surface area (TPSA) is 63.6 Å². The fourth-order valence-electron chi connectivity index (χ4n) is 0.885. The van der Waals surface area contributed by atoms with Crippen LogP contribution in [0.3, 0.4) is 0 Å². The van der Waals surface area contributed by atoms with Crippen LogP contribution in [0.25, 0.3) is 0 Å². The fourth-order valence-corrected chi connectivity index (χ4v) is 0.885. The lowest BCUT2D eigenvalue weighted by molar-refractivity contribution is -0.130. The number of hydrogen-bond donors (Lipinski definition) is 1. The molecule has 0 aromatic heterocycles. The lowest BCUT2D eigenvalue weighted by Gasteiger charge is -2.04. The molecule has 0 saturated heterocycles. The molecular weight excluding hydrogens is 196 g/mol. The number of benzene rings is 1. The van der Waals surface area contributed by atoms with Gasteiger partial charge < -0.3 is 9.84 Å². The van der Waals surface area contributed by atoms with Crippen molar-refractivity contribution in [3.8, 4) is 11.5 Å². The molecular formula is C11H10O4. The lowest BCUT2D eigenvalue weighted by Crippen LogP contribution is -2.08. The van der Waals surface area contributed by atoms with Crippen molar-refractivity contribution < 1.29 is 19.4 Å². The van der Waals surface area contributed by atoms with E-state index in [1.54, 1.807) is 0 Å². The Bertz CT molecular complexity index is 421. The van der Waals surface area contributed by atoms with Crippen LogP contribution in [0.15, 0.2) is 30.4 Å². The molecule has 0 aliphatic rings. The van der Waals surface area contributed by atoms with Crippen LogP contribution in [0, 0.1) is 0 Å². The Hall–Kier alpha value is -2.10. The molecule has 1 aromatic rings. The number of hydrogen-bond acceptors (Lipinski definition) is 4. The highest BCUT2D eigenvalue weighted by molar-refractivity contribution is 5.89. The van der Waals surface area contributed by atoms with E-state index in [2.05, 4.69) is 6.58 Å². The first kappa shape index (κ1) is 11.0. The van der Waals surface area contributed by atoms with Crippen LogP contribution in [-0.2, 0) is 4.79 Å². The van der Waals surface area contributed by atoms with Crippen molar-refractivity contribution in [2.24, 2.45) is 0 Å². The maximum atomic E-state index is 11.1. The van der Waals surface area contributed by atoms with Crippen LogP contribution in [0.2, 0.25) is 0 Å². The Morgan fingerprint density at radius 3 is 2.73 bits per heavy atom. The zero-order valence-corrected chi connectivity index (χ0v) is 8.19. The van der Waals surface area contributed by atoms with E-state index in [0.717, 1.165) is 0 Å². The zero-order valence-electron chi connectivity index (χ0n) is 8.19. The highest BCUT2D eigenvalue weighted by Gasteiger charge is 2.07. The second kappa shape index (κ2) is 4.41. The van der Waals surface area contributed by atoms with E-state index in [0.29, 0.717) is 6.29 Å². The number of aldehydes is 1. The van der Waals surface area contributed by atoms with Gasteiger partial charge in [-0.3, -0.25) is 4.79 Å². The molecule has 0 fully saturated rings. The predicted molar refractivity (Wildman–Crippen MR) is 53.9 cm³/mol. The summed E-state index contributed by atoms with van der Waals surface area (Å²) in [6.45, 7) is 4.94. The molecule has 0 aliphatic heterocycles. The van der Waals surface area contributed by atoms with Crippen LogP contribution in [-0.4, -0.2) is 17.4 Å². The second-order valence-corrected chi connectivity index (χ2v) is 3.01. The van der Waals surface area contributed by atoms with Gasteiger partial charge in [0.15, 0.2) is 6.29 Å². The Balaban J connectivity index is 2.92. The zero-order chi connectivity index (χ0) is 11.4. The molecule has 4 heteroatoms. The van der Waals surface area contributed by atoms with Gasteiger partial charge >= 0.3 is 5.97 Å². The number of phenolic OH excluding ortho intramolecular Hbond substituents is 1. The van der Waals surface area contributed by atoms with E-state index in [1.165, 1.54) is 25.1 Å². The van der Waals surface area contributed by atoms with Crippen LogP contribution < -0.4 is 4.74 Å². The number of phenols is 1. The van der Waals surface area contributed by atoms with E-state index in [-0.39, 0.29) is 22.6 Å². The van der Waals surface area contributed by atoms with Crippen LogP contribution in [0.1, 0.15) is 17.3 Å². The average Bonchev–Trinajstić information content (AvgIpc) is 2.20.